The van der Waals surface area contributed by atoms with Crippen molar-refractivity contribution in [2.45, 2.75) is 50.5 Å². The molecule has 0 N–H and O–H groups in total. The first-order chi connectivity index (χ1) is 11.7. The number of hydrogen-bond acceptors (Lipinski definition) is 3. The number of methoxy groups -OCH3 is 1. The van der Waals surface area contributed by atoms with Gasteiger partial charge in [-0.25, -0.2) is 4.79 Å². The Morgan fingerprint density at radius 1 is 1.38 bits per heavy atom. The van der Waals surface area contributed by atoms with Crippen LogP contribution in [0.15, 0.2) is 29.8 Å². The lowest BCUT2D eigenvalue weighted by molar-refractivity contribution is 0.0725. The summed E-state index contributed by atoms with van der Waals surface area (Å²) in [6.45, 7) is 3.08. The first-order valence-electron chi connectivity index (χ1n) is 9.01. The molecule has 1 aromatic rings. The van der Waals surface area contributed by atoms with E-state index in [0.29, 0.717) is 6.61 Å². The molecule has 1 aromatic carbocycles. The molecule has 1 saturated heterocycles. The van der Waals surface area contributed by atoms with E-state index in [1.165, 1.54) is 29.5 Å². The standard InChI is InChI=1S/C20H25NO3/c1-3-24-19(22)21-11-10-20-9-5-4-6-16(20)18(21)12-14-7-8-15(23-2)13-17(14)20/h6-8,13,18H,3-5,9-12H2,1-2H3/t18-,20-/m1/s1. The van der Waals surface area contributed by atoms with Crippen LogP contribution in [0.5, 0.6) is 5.75 Å². The molecule has 1 aliphatic heterocycles. The third-order valence-corrected chi connectivity index (χ3v) is 5.99. The number of carbonyl (C=O) groups excluding carboxylic acids is 1. The number of ether oxygens (including phenoxy) is 2. The van der Waals surface area contributed by atoms with E-state index in [1.807, 2.05) is 17.9 Å². The monoisotopic (exact) mass is 327 g/mol. The average molecular weight is 327 g/mol. The van der Waals surface area contributed by atoms with Gasteiger partial charge in [0.25, 0.3) is 0 Å². The normalized spacial score (nSPS) is 27.7. The van der Waals surface area contributed by atoms with Gasteiger partial charge >= 0.3 is 6.09 Å². The highest BCUT2D eigenvalue weighted by atomic mass is 16.6. The molecule has 4 heteroatoms. The highest BCUT2D eigenvalue weighted by Gasteiger charge is 2.51. The van der Waals surface area contributed by atoms with E-state index in [0.717, 1.165) is 31.6 Å². The Morgan fingerprint density at radius 2 is 2.25 bits per heavy atom. The Bertz CT molecular complexity index is 696. The molecule has 3 aliphatic rings. The largest absolute Gasteiger partial charge is 0.497 e. The molecule has 4 nitrogen and oxygen atoms in total. The van der Waals surface area contributed by atoms with Crippen molar-refractivity contribution in [2.75, 3.05) is 20.3 Å². The molecule has 1 amide bonds. The molecule has 0 spiro atoms. The molecule has 0 aromatic heterocycles. The molecule has 2 bridgehead atoms. The van der Waals surface area contributed by atoms with E-state index in [4.69, 9.17) is 9.47 Å². The SMILES string of the molecule is CCOC(=O)N1CC[C@]23CCCC=C2[C@H]1Cc1ccc(OC)cc13. The van der Waals surface area contributed by atoms with Crippen molar-refractivity contribution in [3.63, 3.8) is 0 Å². The number of carbonyl (C=O) groups is 1. The van der Waals surface area contributed by atoms with E-state index in [9.17, 15) is 4.79 Å². The minimum absolute atomic E-state index is 0.0913. The Balaban J connectivity index is 1.81. The molecule has 1 heterocycles. The van der Waals surface area contributed by atoms with Gasteiger partial charge in [-0.05, 0) is 67.9 Å². The van der Waals surface area contributed by atoms with Gasteiger partial charge in [-0.2, -0.15) is 0 Å². The highest BCUT2D eigenvalue weighted by Crippen LogP contribution is 2.54. The van der Waals surface area contributed by atoms with Gasteiger partial charge in [0, 0.05) is 12.0 Å². The summed E-state index contributed by atoms with van der Waals surface area (Å²) in [7, 11) is 1.73. The summed E-state index contributed by atoms with van der Waals surface area (Å²) in [5.41, 5.74) is 4.31. The molecule has 2 atom stereocenters. The minimum atomic E-state index is -0.167. The third-order valence-electron chi connectivity index (χ3n) is 5.99. The van der Waals surface area contributed by atoms with Crippen LogP contribution in [0.1, 0.15) is 43.7 Å². The molecule has 0 unspecified atom stereocenters. The zero-order valence-corrected chi connectivity index (χ0v) is 14.5. The van der Waals surface area contributed by atoms with Crippen LogP contribution in [-0.2, 0) is 16.6 Å². The molecule has 0 radical (unpaired) electrons. The highest BCUT2D eigenvalue weighted by molar-refractivity contribution is 5.70. The molecule has 128 valence electrons. The van der Waals surface area contributed by atoms with E-state index < -0.39 is 0 Å². The summed E-state index contributed by atoms with van der Waals surface area (Å²) in [6, 6.07) is 6.60. The number of amides is 1. The number of piperidine rings is 1. The number of hydrogen-bond donors (Lipinski definition) is 0. The van der Waals surface area contributed by atoms with Crippen LogP contribution < -0.4 is 4.74 Å². The number of allylic oxidation sites excluding steroid dienone is 1. The van der Waals surface area contributed by atoms with E-state index in [-0.39, 0.29) is 17.6 Å². The first kappa shape index (κ1) is 15.6. The van der Waals surface area contributed by atoms with Crippen molar-refractivity contribution in [1.29, 1.82) is 0 Å². The Hall–Kier alpha value is -1.97. The summed E-state index contributed by atoms with van der Waals surface area (Å²) in [5, 5.41) is 0. The van der Waals surface area contributed by atoms with Gasteiger partial charge in [-0.1, -0.05) is 12.1 Å². The fourth-order valence-electron chi connectivity index (χ4n) is 4.94. The van der Waals surface area contributed by atoms with Gasteiger partial charge in [0.2, 0.25) is 0 Å². The van der Waals surface area contributed by atoms with E-state index >= 15 is 0 Å². The van der Waals surface area contributed by atoms with Gasteiger partial charge in [0.1, 0.15) is 5.75 Å². The van der Waals surface area contributed by atoms with Crippen molar-refractivity contribution in [1.82, 2.24) is 4.90 Å². The summed E-state index contributed by atoms with van der Waals surface area (Å²) in [4.78, 5) is 14.4. The number of likely N-dealkylation sites (tertiary alicyclic amines) is 1. The molecule has 0 saturated carbocycles. The van der Waals surface area contributed by atoms with Gasteiger partial charge in [0.05, 0.1) is 19.8 Å². The molecule has 24 heavy (non-hydrogen) atoms. The predicted octanol–water partition coefficient (Wildman–Crippen LogP) is 3.83. The summed E-state index contributed by atoms with van der Waals surface area (Å²) in [6.07, 6.45) is 7.59. The Kier molecular flexibility index (Phi) is 3.78. The summed E-state index contributed by atoms with van der Waals surface area (Å²) >= 11 is 0. The molecule has 2 aliphatic carbocycles. The number of rotatable bonds is 2. The molecule has 4 rings (SSSR count). The smallest absolute Gasteiger partial charge is 0.410 e. The first-order valence-corrected chi connectivity index (χ1v) is 9.01. The van der Waals surface area contributed by atoms with Crippen molar-refractivity contribution in [3.8, 4) is 5.75 Å². The zero-order valence-electron chi connectivity index (χ0n) is 14.5. The molecular weight excluding hydrogens is 302 g/mol. The van der Waals surface area contributed by atoms with Crippen molar-refractivity contribution in [2.24, 2.45) is 0 Å². The lowest BCUT2D eigenvalue weighted by Gasteiger charge is -2.54. The fraction of sp³-hybridized carbons (Fsp3) is 0.550. The second-order valence-corrected chi connectivity index (χ2v) is 7.02. The zero-order chi connectivity index (χ0) is 16.7. The predicted molar refractivity (Wildman–Crippen MR) is 92.4 cm³/mol. The minimum Gasteiger partial charge on any atom is -0.497 e. The average Bonchev–Trinajstić information content (AvgIpc) is 2.61. The quantitative estimate of drug-likeness (QED) is 0.775. The van der Waals surface area contributed by atoms with Gasteiger partial charge in [-0.15, -0.1) is 0 Å². The van der Waals surface area contributed by atoms with Crippen LogP contribution in [0.25, 0.3) is 0 Å². The van der Waals surface area contributed by atoms with Crippen LogP contribution >= 0.6 is 0 Å². The topological polar surface area (TPSA) is 38.8 Å². The lowest BCUT2D eigenvalue weighted by Crippen LogP contribution is -2.57. The van der Waals surface area contributed by atoms with E-state index in [1.54, 1.807) is 7.11 Å². The van der Waals surface area contributed by atoms with Gasteiger partial charge in [-0.3, -0.25) is 0 Å². The maximum atomic E-state index is 12.4. The van der Waals surface area contributed by atoms with Crippen LogP contribution in [0.4, 0.5) is 4.79 Å². The summed E-state index contributed by atoms with van der Waals surface area (Å²) < 4.78 is 10.8. The second-order valence-electron chi connectivity index (χ2n) is 7.02. The Labute approximate surface area is 143 Å². The maximum Gasteiger partial charge on any atom is 0.410 e. The van der Waals surface area contributed by atoms with Crippen LogP contribution in [0, 0.1) is 0 Å². The number of benzene rings is 1. The van der Waals surface area contributed by atoms with Crippen molar-refractivity contribution < 1.29 is 14.3 Å². The van der Waals surface area contributed by atoms with Crippen LogP contribution in [0.3, 0.4) is 0 Å². The molecule has 1 fully saturated rings. The van der Waals surface area contributed by atoms with Gasteiger partial charge in [0.15, 0.2) is 0 Å². The van der Waals surface area contributed by atoms with Crippen molar-refractivity contribution in [3.05, 3.63) is 41.0 Å². The number of fused-ring (bicyclic) bond motifs is 1. The fourth-order valence-corrected chi connectivity index (χ4v) is 4.94. The summed E-state index contributed by atoms with van der Waals surface area (Å²) in [5.74, 6) is 0.930. The van der Waals surface area contributed by atoms with Crippen LogP contribution in [0.2, 0.25) is 0 Å². The molecular formula is C20H25NO3. The van der Waals surface area contributed by atoms with E-state index in [2.05, 4.69) is 18.2 Å². The Morgan fingerprint density at radius 3 is 3.04 bits per heavy atom. The number of nitrogens with zero attached hydrogens (tertiary/aromatic N) is 1. The van der Waals surface area contributed by atoms with Crippen molar-refractivity contribution >= 4 is 6.09 Å². The third kappa shape index (κ3) is 2.15. The van der Waals surface area contributed by atoms with Gasteiger partial charge < -0.3 is 14.4 Å². The van der Waals surface area contributed by atoms with Crippen LogP contribution in [-0.4, -0.2) is 37.3 Å². The second kappa shape index (κ2) is 5.83. The maximum absolute atomic E-state index is 12.4. The lowest BCUT2D eigenvalue weighted by atomic mass is 9.57.